The third kappa shape index (κ3) is 4.43. The van der Waals surface area contributed by atoms with Gasteiger partial charge in [-0.2, -0.15) is 4.98 Å². The van der Waals surface area contributed by atoms with Crippen LogP contribution in [0.15, 0.2) is 30.3 Å². The number of aliphatic hydroxyl groups is 1. The number of ether oxygens (including phenoxy) is 1. The second-order valence-electron chi connectivity index (χ2n) is 4.70. The van der Waals surface area contributed by atoms with Crippen LogP contribution in [0.25, 0.3) is 0 Å². The maximum absolute atomic E-state index is 9.16. The van der Waals surface area contributed by atoms with Gasteiger partial charge in [-0.3, -0.25) is 0 Å². The largest absolute Gasteiger partial charge is 0.439 e. The van der Waals surface area contributed by atoms with Gasteiger partial charge in [-0.15, -0.1) is 0 Å². The summed E-state index contributed by atoms with van der Waals surface area (Å²) in [6, 6.07) is 9.12. The van der Waals surface area contributed by atoms with E-state index in [1.165, 1.54) is 0 Å². The summed E-state index contributed by atoms with van der Waals surface area (Å²) in [6.07, 6.45) is 1.77. The minimum atomic E-state index is -0.00944. The Labute approximate surface area is 125 Å². The first-order chi connectivity index (χ1) is 10.2. The van der Waals surface area contributed by atoms with Gasteiger partial charge in [0, 0.05) is 19.0 Å². The van der Waals surface area contributed by atoms with Crippen LogP contribution in [-0.4, -0.2) is 21.6 Å². The molecule has 0 saturated heterocycles. The molecule has 21 heavy (non-hydrogen) atoms. The summed E-state index contributed by atoms with van der Waals surface area (Å²) in [6.45, 7) is 4.96. The Morgan fingerprint density at radius 3 is 2.76 bits per heavy atom. The van der Waals surface area contributed by atoms with E-state index in [2.05, 4.69) is 22.2 Å². The number of rotatable bonds is 7. The van der Waals surface area contributed by atoms with Crippen molar-refractivity contribution in [3.63, 3.8) is 0 Å². The fourth-order valence-electron chi connectivity index (χ4n) is 1.85. The molecule has 1 aromatic carbocycles. The standard InChI is InChI=1S/C16H21N3O2/c1-3-8-17-15-10-16(19-14(4-2)18-15)21-13-7-5-6-12(9-13)11-20/h5-7,9-10,20H,3-4,8,11H2,1-2H3,(H,17,18,19). The Hall–Kier alpha value is -2.14. The highest BCUT2D eigenvalue weighted by molar-refractivity contribution is 5.40. The van der Waals surface area contributed by atoms with E-state index in [4.69, 9.17) is 9.84 Å². The van der Waals surface area contributed by atoms with E-state index in [1.807, 2.05) is 25.1 Å². The Kier molecular flexibility index (Phi) is 5.51. The molecule has 0 aliphatic carbocycles. The highest BCUT2D eigenvalue weighted by Crippen LogP contribution is 2.23. The molecule has 5 heteroatoms. The van der Waals surface area contributed by atoms with E-state index in [0.29, 0.717) is 11.6 Å². The first kappa shape index (κ1) is 15.3. The molecule has 0 radical (unpaired) electrons. The highest BCUT2D eigenvalue weighted by atomic mass is 16.5. The van der Waals surface area contributed by atoms with Crippen LogP contribution >= 0.6 is 0 Å². The van der Waals surface area contributed by atoms with Gasteiger partial charge in [-0.1, -0.05) is 26.0 Å². The lowest BCUT2D eigenvalue weighted by Crippen LogP contribution is -2.05. The SMILES string of the molecule is CCCNc1cc(Oc2cccc(CO)c2)nc(CC)n1. The second-order valence-corrected chi connectivity index (χ2v) is 4.70. The number of aryl methyl sites for hydroxylation is 1. The minimum absolute atomic E-state index is 0.00944. The predicted molar refractivity (Wildman–Crippen MR) is 82.6 cm³/mol. The van der Waals surface area contributed by atoms with E-state index in [0.717, 1.165) is 36.6 Å². The summed E-state index contributed by atoms with van der Waals surface area (Å²) >= 11 is 0. The van der Waals surface area contributed by atoms with Crippen molar-refractivity contribution < 1.29 is 9.84 Å². The number of anilines is 1. The first-order valence-corrected chi connectivity index (χ1v) is 7.24. The van der Waals surface area contributed by atoms with Crippen molar-refractivity contribution in [1.29, 1.82) is 0 Å². The van der Waals surface area contributed by atoms with Crippen molar-refractivity contribution in [2.24, 2.45) is 0 Å². The normalized spacial score (nSPS) is 10.4. The molecular weight excluding hydrogens is 266 g/mol. The van der Waals surface area contributed by atoms with Crippen molar-refractivity contribution in [1.82, 2.24) is 9.97 Å². The monoisotopic (exact) mass is 287 g/mol. The number of aromatic nitrogens is 2. The van der Waals surface area contributed by atoms with Crippen LogP contribution in [0.2, 0.25) is 0 Å². The number of nitrogens with zero attached hydrogens (tertiary/aromatic N) is 2. The topological polar surface area (TPSA) is 67.3 Å². The Morgan fingerprint density at radius 1 is 1.19 bits per heavy atom. The summed E-state index contributed by atoms with van der Waals surface area (Å²) < 4.78 is 5.78. The molecule has 0 aliphatic rings. The van der Waals surface area contributed by atoms with Crippen LogP contribution in [0.1, 0.15) is 31.7 Å². The second kappa shape index (κ2) is 7.59. The lowest BCUT2D eigenvalue weighted by molar-refractivity contribution is 0.281. The van der Waals surface area contributed by atoms with E-state index < -0.39 is 0 Å². The molecule has 0 atom stereocenters. The third-order valence-corrected chi connectivity index (χ3v) is 2.92. The van der Waals surface area contributed by atoms with Crippen LogP contribution in [-0.2, 0) is 13.0 Å². The first-order valence-electron chi connectivity index (χ1n) is 7.24. The molecule has 1 heterocycles. The molecule has 112 valence electrons. The van der Waals surface area contributed by atoms with Gasteiger partial charge in [0.2, 0.25) is 5.88 Å². The molecule has 0 aliphatic heterocycles. The van der Waals surface area contributed by atoms with Crippen molar-refractivity contribution in [3.8, 4) is 11.6 Å². The average Bonchev–Trinajstić information content (AvgIpc) is 2.52. The van der Waals surface area contributed by atoms with Gasteiger partial charge in [-0.25, -0.2) is 4.98 Å². The van der Waals surface area contributed by atoms with E-state index in [1.54, 1.807) is 12.1 Å². The van der Waals surface area contributed by atoms with Crippen LogP contribution in [0.4, 0.5) is 5.82 Å². The summed E-state index contributed by atoms with van der Waals surface area (Å²) in [5.74, 6) is 2.68. The Morgan fingerprint density at radius 2 is 2.05 bits per heavy atom. The van der Waals surface area contributed by atoms with Crippen molar-refractivity contribution in [2.45, 2.75) is 33.3 Å². The molecule has 0 bridgehead atoms. The van der Waals surface area contributed by atoms with Gasteiger partial charge in [0.1, 0.15) is 17.4 Å². The van der Waals surface area contributed by atoms with Gasteiger partial charge in [0.25, 0.3) is 0 Å². The molecule has 2 N–H and O–H groups in total. The van der Waals surface area contributed by atoms with Gasteiger partial charge in [0.15, 0.2) is 0 Å². The number of hydrogen-bond acceptors (Lipinski definition) is 5. The Balaban J connectivity index is 2.21. The maximum Gasteiger partial charge on any atom is 0.224 e. The van der Waals surface area contributed by atoms with Crippen molar-refractivity contribution >= 4 is 5.82 Å². The van der Waals surface area contributed by atoms with Gasteiger partial charge < -0.3 is 15.2 Å². The van der Waals surface area contributed by atoms with E-state index >= 15 is 0 Å². The van der Waals surface area contributed by atoms with E-state index in [9.17, 15) is 0 Å². The molecular formula is C16H21N3O2. The van der Waals surface area contributed by atoms with Gasteiger partial charge in [-0.05, 0) is 24.1 Å². The number of nitrogens with one attached hydrogen (secondary N) is 1. The maximum atomic E-state index is 9.16. The molecule has 5 nitrogen and oxygen atoms in total. The fourth-order valence-corrected chi connectivity index (χ4v) is 1.85. The summed E-state index contributed by atoms with van der Waals surface area (Å²) in [7, 11) is 0. The van der Waals surface area contributed by atoms with Crippen LogP contribution in [0.5, 0.6) is 11.6 Å². The molecule has 0 unspecified atom stereocenters. The molecule has 0 saturated carbocycles. The third-order valence-electron chi connectivity index (χ3n) is 2.92. The predicted octanol–water partition coefficient (Wildman–Crippen LogP) is 3.15. The zero-order valence-corrected chi connectivity index (χ0v) is 12.5. The van der Waals surface area contributed by atoms with Crippen LogP contribution in [0.3, 0.4) is 0 Å². The van der Waals surface area contributed by atoms with Crippen LogP contribution < -0.4 is 10.1 Å². The van der Waals surface area contributed by atoms with Crippen molar-refractivity contribution in [3.05, 3.63) is 41.7 Å². The average molecular weight is 287 g/mol. The van der Waals surface area contributed by atoms with E-state index in [-0.39, 0.29) is 6.61 Å². The molecule has 0 spiro atoms. The molecule has 0 amide bonds. The minimum Gasteiger partial charge on any atom is -0.439 e. The molecule has 0 fully saturated rings. The van der Waals surface area contributed by atoms with Gasteiger partial charge >= 0.3 is 0 Å². The smallest absolute Gasteiger partial charge is 0.224 e. The molecule has 2 rings (SSSR count). The lowest BCUT2D eigenvalue weighted by atomic mass is 10.2. The fraction of sp³-hybridized carbons (Fsp3) is 0.375. The Bertz CT molecular complexity index is 587. The number of aliphatic hydroxyl groups excluding tert-OH is 1. The number of hydrogen-bond donors (Lipinski definition) is 2. The van der Waals surface area contributed by atoms with Gasteiger partial charge in [0.05, 0.1) is 6.61 Å². The molecule has 2 aromatic rings. The number of benzene rings is 1. The molecule has 1 aromatic heterocycles. The highest BCUT2D eigenvalue weighted by Gasteiger charge is 2.06. The summed E-state index contributed by atoms with van der Waals surface area (Å²) in [4.78, 5) is 8.80. The quantitative estimate of drug-likeness (QED) is 0.819. The zero-order chi connectivity index (χ0) is 15.1. The zero-order valence-electron chi connectivity index (χ0n) is 12.5. The van der Waals surface area contributed by atoms with Crippen molar-refractivity contribution in [2.75, 3.05) is 11.9 Å². The lowest BCUT2D eigenvalue weighted by Gasteiger charge is -2.10. The summed E-state index contributed by atoms with van der Waals surface area (Å²) in [5, 5.41) is 12.4. The van der Waals surface area contributed by atoms with Crippen LogP contribution in [0, 0.1) is 0 Å². The summed E-state index contributed by atoms with van der Waals surface area (Å²) in [5.41, 5.74) is 0.807.